The summed E-state index contributed by atoms with van der Waals surface area (Å²) >= 11 is 0. The van der Waals surface area contributed by atoms with Crippen LogP contribution >= 0.6 is 0 Å². The summed E-state index contributed by atoms with van der Waals surface area (Å²) in [6, 6.07) is 13.8. The van der Waals surface area contributed by atoms with E-state index in [1.165, 1.54) is 16.5 Å². The molecule has 0 spiro atoms. The fourth-order valence-corrected chi connectivity index (χ4v) is 2.45. The molecule has 0 N–H and O–H groups in total. The van der Waals surface area contributed by atoms with Gasteiger partial charge in [-0.05, 0) is 24.1 Å². The highest BCUT2D eigenvalue weighted by atomic mass is 16.5. The van der Waals surface area contributed by atoms with Crippen LogP contribution in [0.25, 0.3) is 0 Å². The number of nitrogens with zero attached hydrogens (tertiary/aromatic N) is 4. The van der Waals surface area contributed by atoms with Crippen molar-refractivity contribution in [1.29, 1.82) is 0 Å². The molecule has 0 aliphatic rings. The largest absolute Gasteiger partial charge is 0.467 e. The van der Waals surface area contributed by atoms with E-state index in [4.69, 9.17) is 9.15 Å². The number of aromatic nitrogens is 3. The van der Waals surface area contributed by atoms with Crippen molar-refractivity contribution in [2.45, 2.75) is 13.0 Å². The van der Waals surface area contributed by atoms with Gasteiger partial charge in [0.15, 0.2) is 0 Å². The zero-order valence-electron chi connectivity index (χ0n) is 14.7. The Bertz CT molecular complexity index is 847. The zero-order valence-corrected chi connectivity index (χ0v) is 14.7. The van der Waals surface area contributed by atoms with Crippen molar-refractivity contribution >= 4 is 5.95 Å². The molecule has 0 aliphatic heterocycles. The van der Waals surface area contributed by atoms with Crippen LogP contribution in [0.5, 0.6) is 0 Å². The van der Waals surface area contributed by atoms with Gasteiger partial charge in [0, 0.05) is 13.6 Å². The van der Waals surface area contributed by atoms with Crippen LogP contribution in [0.3, 0.4) is 0 Å². The second-order valence-electron chi connectivity index (χ2n) is 5.92. The van der Waals surface area contributed by atoms with Gasteiger partial charge < -0.3 is 14.1 Å². The average molecular weight is 354 g/mol. The molecule has 0 saturated carbocycles. The third-order valence-corrected chi connectivity index (χ3v) is 3.95. The Morgan fingerprint density at radius 2 is 2.00 bits per heavy atom. The van der Waals surface area contributed by atoms with Crippen LogP contribution in [0.15, 0.2) is 64.3 Å². The molecule has 3 rings (SSSR count). The summed E-state index contributed by atoms with van der Waals surface area (Å²) in [6.07, 6.45) is 3.94. The summed E-state index contributed by atoms with van der Waals surface area (Å²) in [6.45, 7) is 2.13. The summed E-state index contributed by atoms with van der Waals surface area (Å²) in [5.74, 6) is 1.07. The van der Waals surface area contributed by atoms with Crippen molar-refractivity contribution in [2.24, 2.45) is 0 Å². The van der Waals surface area contributed by atoms with Crippen LogP contribution < -0.4 is 10.6 Å². The van der Waals surface area contributed by atoms with Gasteiger partial charge in [0.25, 0.3) is 0 Å². The predicted octanol–water partition coefficient (Wildman–Crippen LogP) is 1.98. The number of benzene rings is 1. The number of likely N-dealkylation sites (N-methyl/N-ethyl adjacent to an activating group) is 1. The van der Waals surface area contributed by atoms with Crippen LogP contribution in [0.1, 0.15) is 11.3 Å². The van der Waals surface area contributed by atoms with E-state index >= 15 is 0 Å². The first-order chi connectivity index (χ1) is 12.7. The lowest BCUT2D eigenvalue weighted by Crippen LogP contribution is -2.30. The van der Waals surface area contributed by atoms with Crippen molar-refractivity contribution in [3.8, 4) is 0 Å². The molecule has 1 aromatic carbocycles. The number of ether oxygens (including phenoxy) is 1. The van der Waals surface area contributed by atoms with Gasteiger partial charge in [0.2, 0.25) is 5.95 Å². The molecule has 136 valence electrons. The number of hydrogen-bond donors (Lipinski definition) is 0. The second kappa shape index (κ2) is 8.96. The highest BCUT2D eigenvalue weighted by molar-refractivity contribution is 5.25. The van der Waals surface area contributed by atoms with Crippen molar-refractivity contribution in [3.63, 3.8) is 0 Å². The van der Waals surface area contributed by atoms with E-state index < -0.39 is 0 Å². The third kappa shape index (κ3) is 5.03. The first kappa shape index (κ1) is 17.9. The molecule has 0 radical (unpaired) electrons. The smallest absolute Gasteiger partial charge is 0.352 e. The molecule has 3 aromatic rings. The zero-order chi connectivity index (χ0) is 18.2. The van der Waals surface area contributed by atoms with Gasteiger partial charge in [0.1, 0.15) is 12.1 Å². The van der Waals surface area contributed by atoms with E-state index in [2.05, 4.69) is 22.1 Å². The minimum absolute atomic E-state index is 0.318. The van der Waals surface area contributed by atoms with Gasteiger partial charge in [-0.15, -0.1) is 0 Å². The summed E-state index contributed by atoms with van der Waals surface area (Å²) in [5, 5.41) is 0. The van der Waals surface area contributed by atoms with Gasteiger partial charge >= 0.3 is 5.69 Å². The van der Waals surface area contributed by atoms with Crippen molar-refractivity contribution < 1.29 is 9.15 Å². The Hall–Kier alpha value is -2.93. The average Bonchev–Trinajstić information content (AvgIpc) is 3.17. The van der Waals surface area contributed by atoms with Crippen LogP contribution in [0.2, 0.25) is 0 Å². The van der Waals surface area contributed by atoms with Crippen molar-refractivity contribution in [3.05, 3.63) is 76.9 Å². The van der Waals surface area contributed by atoms with E-state index in [0.29, 0.717) is 38.0 Å². The summed E-state index contributed by atoms with van der Waals surface area (Å²) in [4.78, 5) is 22.2. The molecule has 26 heavy (non-hydrogen) atoms. The Morgan fingerprint density at radius 1 is 1.15 bits per heavy atom. The van der Waals surface area contributed by atoms with E-state index in [1.807, 2.05) is 25.2 Å². The molecule has 0 amide bonds. The lowest BCUT2D eigenvalue weighted by molar-refractivity contribution is 0.143. The molecule has 0 aliphatic carbocycles. The van der Waals surface area contributed by atoms with Gasteiger partial charge in [-0.3, -0.25) is 4.57 Å². The van der Waals surface area contributed by atoms with Gasteiger partial charge in [-0.1, -0.05) is 30.3 Å². The van der Waals surface area contributed by atoms with Gasteiger partial charge in [-0.2, -0.15) is 4.98 Å². The maximum Gasteiger partial charge on any atom is 0.352 e. The third-order valence-electron chi connectivity index (χ3n) is 3.95. The normalized spacial score (nSPS) is 10.8. The van der Waals surface area contributed by atoms with Crippen LogP contribution in [-0.2, 0) is 17.7 Å². The second-order valence-corrected chi connectivity index (χ2v) is 5.92. The van der Waals surface area contributed by atoms with Crippen molar-refractivity contribution in [2.75, 3.05) is 31.7 Å². The van der Waals surface area contributed by atoms with Gasteiger partial charge in [-0.25, -0.2) is 9.78 Å². The summed E-state index contributed by atoms with van der Waals surface area (Å²) in [5.41, 5.74) is 0.896. The monoisotopic (exact) mass is 354 g/mol. The molecule has 2 aromatic heterocycles. The van der Waals surface area contributed by atoms with Crippen LogP contribution in [0.4, 0.5) is 5.95 Å². The number of furan rings is 1. The fourth-order valence-electron chi connectivity index (χ4n) is 2.45. The molecule has 0 atom stereocenters. The quantitative estimate of drug-likeness (QED) is 0.547. The molecular weight excluding hydrogens is 332 g/mol. The van der Waals surface area contributed by atoms with Crippen LogP contribution in [-0.4, -0.2) is 41.3 Å². The first-order valence-corrected chi connectivity index (χ1v) is 8.51. The Labute approximate surface area is 151 Å². The number of hydrogen-bond acceptors (Lipinski definition) is 6. The summed E-state index contributed by atoms with van der Waals surface area (Å²) in [7, 11) is 1.84. The van der Waals surface area contributed by atoms with E-state index in [9.17, 15) is 4.79 Å². The fraction of sp³-hybridized carbons (Fsp3) is 0.316. The van der Waals surface area contributed by atoms with Crippen LogP contribution in [0, 0.1) is 0 Å². The molecule has 0 unspecified atom stereocenters. The standard InChI is InChI=1S/C19H22N4O3/c1-22(10-13-25-12-9-16-6-3-2-4-7-16)18-20-15-23(19(24)21-18)14-17-8-5-11-26-17/h2-8,11,15H,9-10,12-14H2,1H3. The van der Waals surface area contributed by atoms with E-state index in [-0.39, 0.29) is 5.69 Å². The van der Waals surface area contributed by atoms with Gasteiger partial charge in [0.05, 0.1) is 26.0 Å². The molecular formula is C19H22N4O3. The highest BCUT2D eigenvalue weighted by Gasteiger charge is 2.08. The van der Waals surface area contributed by atoms with Crippen molar-refractivity contribution in [1.82, 2.24) is 14.5 Å². The molecule has 7 nitrogen and oxygen atoms in total. The Balaban J connectivity index is 1.45. The highest BCUT2D eigenvalue weighted by Crippen LogP contribution is 2.04. The Morgan fingerprint density at radius 3 is 2.73 bits per heavy atom. The molecule has 0 fully saturated rings. The lowest BCUT2D eigenvalue weighted by Gasteiger charge is -2.17. The predicted molar refractivity (Wildman–Crippen MR) is 98.3 cm³/mol. The number of rotatable bonds is 9. The van der Waals surface area contributed by atoms with E-state index in [1.54, 1.807) is 23.3 Å². The topological polar surface area (TPSA) is 73.4 Å². The maximum absolute atomic E-state index is 12.1. The molecule has 0 bridgehead atoms. The molecule has 0 saturated heterocycles. The summed E-state index contributed by atoms with van der Waals surface area (Å²) < 4.78 is 12.3. The maximum atomic E-state index is 12.1. The minimum atomic E-state index is -0.358. The van der Waals surface area contributed by atoms with E-state index in [0.717, 1.165) is 6.42 Å². The molecule has 7 heteroatoms. The molecule has 2 heterocycles. The number of anilines is 1. The first-order valence-electron chi connectivity index (χ1n) is 8.51. The minimum Gasteiger partial charge on any atom is -0.467 e. The Kier molecular flexibility index (Phi) is 6.16. The lowest BCUT2D eigenvalue weighted by atomic mass is 10.2. The SMILES string of the molecule is CN(CCOCCc1ccccc1)c1ncn(Cc2ccco2)c(=O)n1.